The maximum Gasteiger partial charge on any atom is 0.267 e. The molecule has 1 unspecified atom stereocenters. The van der Waals surface area contributed by atoms with Crippen LogP contribution in [0.3, 0.4) is 0 Å². The fraction of sp³-hybridized carbons (Fsp3) is 0.429. The third-order valence-corrected chi connectivity index (χ3v) is 2.98. The van der Waals surface area contributed by atoms with Crippen molar-refractivity contribution in [1.29, 1.82) is 0 Å². The second-order valence-electron chi connectivity index (χ2n) is 4.27. The highest BCUT2D eigenvalue weighted by Crippen LogP contribution is 2.26. The number of hydrogen-bond acceptors (Lipinski definition) is 2. The Labute approximate surface area is 103 Å². The number of pyridine rings is 1. The van der Waals surface area contributed by atoms with E-state index in [1.807, 2.05) is 6.07 Å². The lowest BCUT2D eigenvalue weighted by Crippen LogP contribution is -2.16. The highest BCUT2D eigenvalue weighted by Gasteiger charge is 2.15. The van der Waals surface area contributed by atoms with Crippen LogP contribution in [0.4, 0.5) is 0 Å². The molecule has 0 saturated heterocycles. The molecule has 2 N–H and O–H groups in total. The van der Waals surface area contributed by atoms with Crippen molar-refractivity contribution in [2.24, 2.45) is 5.73 Å². The summed E-state index contributed by atoms with van der Waals surface area (Å²) < 4.78 is 0. The van der Waals surface area contributed by atoms with Gasteiger partial charge in [0.05, 0.1) is 0 Å². The maximum absolute atomic E-state index is 11.3. The average molecular weight is 232 g/mol. The van der Waals surface area contributed by atoms with Crippen LogP contribution in [0.1, 0.15) is 60.6 Å². The number of carbonyl (C=O) groups excluding carboxylic acids is 1. The fourth-order valence-electron chi connectivity index (χ4n) is 1.99. The number of hydrogen-bond donors (Lipinski definition) is 1. The first kappa shape index (κ1) is 13.4. The molecule has 3 heteroatoms. The van der Waals surface area contributed by atoms with E-state index in [1.54, 1.807) is 12.3 Å². The third kappa shape index (κ3) is 3.16. The van der Waals surface area contributed by atoms with E-state index < -0.39 is 5.91 Å². The van der Waals surface area contributed by atoms with Crippen LogP contribution in [0.5, 0.6) is 0 Å². The quantitative estimate of drug-likeness (QED) is 0.819. The summed E-state index contributed by atoms with van der Waals surface area (Å²) in [4.78, 5) is 15.3. The van der Waals surface area contributed by atoms with E-state index in [0.717, 1.165) is 17.5 Å². The molecule has 3 nitrogen and oxygen atoms in total. The molecule has 0 fully saturated rings. The first-order valence-corrected chi connectivity index (χ1v) is 6.02. The zero-order chi connectivity index (χ0) is 12.8. The Bertz CT molecular complexity index is 413. The molecule has 1 aromatic heterocycles. The van der Waals surface area contributed by atoms with E-state index in [0.29, 0.717) is 11.6 Å². The SMILES string of the molecule is C=Cc1c(C(C)CCCC)ccnc1C(N)=O. The lowest BCUT2D eigenvalue weighted by Gasteiger charge is -2.15. The number of unbranched alkanes of at least 4 members (excludes halogenated alkanes) is 1. The van der Waals surface area contributed by atoms with Gasteiger partial charge in [0.1, 0.15) is 5.69 Å². The van der Waals surface area contributed by atoms with Gasteiger partial charge < -0.3 is 5.73 Å². The number of nitrogens with zero attached hydrogens (tertiary/aromatic N) is 1. The van der Waals surface area contributed by atoms with E-state index in [4.69, 9.17) is 5.73 Å². The van der Waals surface area contributed by atoms with Crippen molar-refractivity contribution in [1.82, 2.24) is 4.98 Å². The molecule has 0 bridgehead atoms. The van der Waals surface area contributed by atoms with E-state index in [-0.39, 0.29) is 0 Å². The van der Waals surface area contributed by atoms with Gasteiger partial charge in [-0.2, -0.15) is 0 Å². The zero-order valence-electron chi connectivity index (χ0n) is 10.6. The maximum atomic E-state index is 11.3. The monoisotopic (exact) mass is 232 g/mol. The molecule has 0 aliphatic rings. The van der Waals surface area contributed by atoms with Crippen LogP contribution in [-0.4, -0.2) is 10.9 Å². The predicted octanol–water partition coefficient (Wildman–Crippen LogP) is 3.12. The summed E-state index contributed by atoms with van der Waals surface area (Å²) in [5.74, 6) is -0.103. The Morgan fingerprint density at radius 2 is 2.35 bits per heavy atom. The minimum absolute atomic E-state index is 0.320. The summed E-state index contributed by atoms with van der Waals surface area (Å²) in [5.41, 5.74) is 7.52. The van der Waals surface area contributed by atoms with Crippen molar-refractivity contribution in [3.8, 4) is 0 Å². The summed E-state index contributed by atoms with van der Waals surface area (Å²) >= 11 is 0. The summed E-state index contributed by atoms with van der Waals surface area (Å²) in [5, 5.41) is 0. The van der Waals surface area contributed by atoms with Crippen LogP contribution in [0, 0.1) is 0 Å². The minimum atomic E-state index is -0.496. The Morgan fingerprint density at radius 1 is 1.65 bits per heavy atom. The van der Waals surface area contributed by atoms with Gasteiger partial charge >= 0.3 is 0 Å². The van der Waals surface area contributed by atoms with Crippen LogP contribution in [-0.2, 0) is 0 Å². The molecule has 0 saturated carbocycles. The molecular weight excluding hydrogens is 212 g/mol. The Morgan fingerprint density at radius 3 is 2.88 bits per heavy atom. The molecule has 1 heterocycles. The summed E-state index contributed by atoms with van der Waals surface area (Å²) in [6.45, 7) is 8.07. The largest absolute Gasteiger partial charge is 0.364 e. The molecular formula is C14H20N2O. The van der Waals surface area contributed by atoms with Crippen molar-refractivity contribution < 1.29 is 4.79 Å². The lowest BCUT2D eigenvalue weighted by atomic mass is 9.91. The molecule has 1 rings (SSSR count). The zero-order valence-corrected chi connectivity index (χ0v) is 10.6. The number of aromatic nitrogens is 1. The van der Waals surface area contributed by atoms with Crippen LogP contribution >= 0.6 is 0 Å². The summed E-state index contributed by atoms with van der Waals surface area (Å²) in [6, 6.07) is 1.95. The van der Waals surface area contributed by atoms with Gasteiger partial charge in [0.15, 0.2) is 0 Å². The summed E-state index contributed by atoms with van der Waals surface area (Å²) in [6.07, 6.45) is 6.75. The van der Waals surface area contributed by atoms with Gasteiger partial charge in [0.2, 0.25) is 0 Å². The molecule has 0 spiro atoms. The molecule has 0 aliphatic carbocycles. The van der Waals surface area contributed by atoms with Crippen LogP contribution in [0.25, 0.3) is 6.08 Å². The van der Waals surface area contributed by atoms with Crippen LogP contribution in [0.15, 0.2) is 18.8 Å². The Balaban J connectivity index is 3.10. The molecule has 1 atom stereocenters. The van der Waals surface area contributed by atoms with E-state index in [9.17, 15) is 4.79 Å². The third-order valence-electron chi connectivity index (χ3n) is 2.98. The fourth-order valence-corrected chi connectivity index (χ4v) is 1.99. The van der Waals surface area contributed by atoms with E-state index in [1.165, 1.54) is 12.8 Å². The molecule has 1 aromatic rings. The normalized spacial score (nSPS) is 12.1. The highest BCUT2D eigenvalue weighted by atomic mass is 16.1. The lowest BCUT2D eigenvalue weighted by molar-refractivity contribution is 0.0995. The van der Waals surface area contributed by atoms with Crippen molar-refractivity contribution >= 4 is 12.0 Å². The van der Waals surface area contributed by atoms with Gasteiger partial charge in [-0.15, -0.1) is 0 Å². The van der Waals surface area contributed by atoms with Gasteiger partial charge in [-0.1, -0.05) is 39.3 Å². The predicted molar refractivity (Wildman–Crippen MR) is 70.8 cm³/mol. The molecule has 1 amide bonds. The van der Waals surface area contributed by atoms with Crippen LogP contribution in [0.2, 0.25) is 0 Å². The van der Waals surface area contributed by atoms with Crippen molar-refractivity contribution in [3.05, 3.63) is 35.7 Å². The average Bonchev–Trinajstić information content (AvgIpc) is 2.34. The van der Waals surface area contributed by atoms with Gasteiger partial charge in [-0.25, -0.2) is 0 Å². The Kier molecular flexibility index (Phi) is 4.88. The molecule has 0 aromatic carbocycles. The number of amides is 1. The van der Waals surface area contributed by atoms with E-state index in [2.05, 4.69) is 25.4 Å². The number of nitrogens with two attached hydrogens (primary N) is 1. The second-order valence-corrected chi connectivity index (χ2v) is 4.27. The van der Waals surface area contributed by atoms with Gasteiger partial charge in [-0.05, 0) is 24.0 Å². The van der Waals surface area contributed by atoms with E-state index >= 15 is 0 Å². The highest BCUT2D eigenvalue weighted by molar-refractivity contribution is 5.95. The second kappa shape index (κ2) is 6.18. The van der Waals surface area contributed by atoms with Crippen LogP contribution < -0.4 is 5.73 Å². The standard InChI is InChI=1S/C14H20N2O/c1-4-6-7-10(3)12-8-9-16-13(14(15)17)11(12)5-2/h5,8-10H,2,4,6-7H2,1,3H3,(H2,15,17). The smallest absolute Gasteiger partial charge is 0.267 e. The summed E-state index contributed by atoms with van der Waals surface area (Å²) in [7, 11) is 0. The van der Waals surface area contributed by atoms with Gasteiger partial charge in [0, 0.05) is 11.8 Å². The molecule has 17 heavy (non-hydrogen) atoms. The first-order valence-electron chi connectivity index (χ1n) is 6.02. The molecule has 0 radical (unpaired) electrons. The molecule has 0 aliphatic heterocycles. The van der Waals surface area contributed by atoms with Crippen molar-refractivity contribution in [2.45, 2.75) is 39.0 Å². The Hall–Kier alpha value is -1.64. The molecule has 92 valence electrons. The van der Waals surface area contributed by atoms with Crippen molar-refractivity contribution in [2.75, 3.05) is 0 Å². The van der Waals surface area contributed by atoms with Crippen molar-refractivity contribution in [3.63, 3.8) is 0 Å². The first-order chi connectivity index (χ1) is 8.11. The topological polar surface area (TPSA) is 56.0 Å². The van der Waals surface area contributed by atoms with Gasteiger partial charge in [0.25, 0.3) is 5.91 Å². The number of carbonyl (C=O) groups is 1. The number of rotatable bonds is 6. The number of primary amides is 1. The minimum Gasteiger partial charge on any atom is -0.364 e. The van der Waals surface area contributed by atoms with Gasteiger partial charge in [-0.3, -0.25) is 9.78 Å².